The average molecular weight is 338 g/mol. The number of nitrogens with one attached hydrogen (secondary N) is 1. The van der Waals surface area contributed by atoms with Gasteiger partial charge in [-0.05, 0) is 43.4 Å². The number of hydrogen-bond acceptors (Lipinski definition) is 3. The Labute approximate surface area is 149 Å². The van der Waals surface area contributed by atoms with Crippen LogP contribution >= 0.6 is 0 Å². The number of ketones is 1. The van der Waals surface area contributed by atoms with Crippen LogP contribution in [0.15, 0.2) is 36.5 Å². The first-order valence-electron chi connectivity index (χ1n) is 9.19. The molecule has 1 N–H and O–H groups in total. The molecule has 0 radical (unpaired) electrons. The minimum absolute atomic E-state index is 0.0164. The van der Waals surface area contributed by atoms with Crippen LogP contribution < -0.4 is 5.32 Å². The fourth-order valence-electron chi connectivity index (χ4n) is 3.95. The average Bonchev–Trinajstić information content (AvgIpc) is 3.13. The van der Waals surface area contributed by atoms with Crippen LogP contribution in [0.2, 0.25) is 0 Å². The Bertz CT molecular complexity index is 760. The third-order valence-electron chi connectivity index (χ3n) is 5.23. The summed E-state index contributed by atoms with van der Waals surface area (Å²) in [6.07, 6.45) is 6.79. The van der Waals surface area contributed by atoms with Crippen molar-refractivity contribution in [1.29, 1.82) is 0 Å². The molecule has 2 atom stereocenters. The van der Waals surface area contributed by atoms with Gasteiger partial charge in [0, 0.05) is 23.9 Å². The lowest BCUT2D eigenvalue weighted by molar-refractivity contribution is -0.129. The molecule has 132 valence electrons. The number of hydrogen-bond donors (Lipinski definition) is 1. The van der Waals surface area contributed by atoms with Crippen LogP contribution in [0.3, 0.4) is 0 Å². The number of para-hydroxylation sites is 1. The highest BCUT2D eigenvalue weighted by atomic mass is 16.2. The van der Waals surface area contributed by atoms with Gasteiger partial charge in [-0.3, -0.25) is 9.78 Å². The number of aromatic nitrogens is 1. The number of carbonyl (C=O) groups is 2. The van der Waals surface area contributed by atoms with E-state index in [1.807, 2.05) is 37.4 Å². The van der Waals surface area contributed by atoms with Crippen molar-refractivity contribution in [3.8, 4) is 0 Å². The molecule has 1 aliphatic rings. The van der Waals surface area contributed by atoms with Crippen molar-refractivity contribution in [1.82, 2.24) is 10.3 Å². The van der Waals surface area contributed by atoms with Gasteiger partial charge in [-0.2, -0.15) is 0 Å². The minimum atomic E-state index is -0.297. The van der Waals surface area contributed by atoms with Gasteiger partial charge in [0.2, 0.25) is 5.91 Å². The number of Topliss-reactive ketones (excluding diaryl/α,β-unsaturated/α-hetero) is 1. The number of fused-ring (bicyclic) bond motifs is 1. The molecular formula is C21H26N2O2. The van der Waals surface area contributed by atoms with E-state index in [4.69, 9.17) is 0 Å². The first kappa shape index (κ1) is 17.6. The van der Waals surface area contributed by atoms with Gasteiger partial charge in [0.25, 0.3) is 0 Å². The molecule has 1 aromatic carbocycles. The van der Waals surface area contributed by atoms with Crippen molar-refractivity contribution in [2.45, 2.75) is 52.0 Å². The van der Waals surface area contributed by atoms with Crippen molar-refractivity contribution in [3.63, 3.8) is 0 Å². The van der Waals surface area contributed by atoms with Crippen LogP contribution in [0.25, 0.3) is 10.9 Å². The molecule has 0 bridgehead atoms. The van der Waals surface area contributed by atoms with Crippen molar-refractivity contribution in [3.05, 3.63) is 42.1 Å². The Balaban J connectivity index is 1.92. The zero-order valence-electron chi connectivity index (χ0n) is 15.0. The lowest BCUT2D eigenvalue weighted by atomic mass is 9.89. The Morgan fingerprint density at radius 1 is 1.20 bits per heavy atom. The van der Waals surface area contributed by atoms with E-state index in [1.165, 1.54) is 19.8 Å². The lowest BCUT2D eigenvalue weighted by Gasteiger charge is -2.27. The van der Waals surface area contributed by atoms with Crippen molar-refractivity contribution in [2.75, 3.05) is 0 Å². The number of nitrogens with zero attached hydrogens (tertiary/aromatic N) is 1. The van der Waals surface area contributed by atoms with E-state index in [0.717, 1.165) is 29.3 Å². The summed E-state index contributed by atoms with van der Waals surface area (Å²) in [6.45, 7) is 3.36. The number of rotatable bonds is 6. The van der Waals surface area contributed by atoms with Gasteiger partial charge in [-0.15, -0.1) is 0 Å². The number of benzene rings is 1. The van der Waals surface area contributed by atoms with Crippen molar-refractivity contribution in [2.24, 2.45) is 11.8 Å². The topological polar surface area (TPSA) is 59.1 Å². The molecule has 1 fully saturated rings. The molecule has 1 aromatic heterocycles. The first-order valence-corrected chi connectivity index (χ1v) is 9.19. The number of carbonyl (C=O) groups excluding carboxylic acids is 2. The van der Waals surface area contributed by atoms with Crippen LogP contribution in [0.4, 0.5) is 0 Å². The molecule has 1 aliphatic carbocycles. The Morgan fingerprint density at radius 2 is 1.92 bits per heavy atom. The van der Waals surface area contributed by atoms with E-state index in [2.05, 4.69) is 16.4 Å². The van der Waals surface area contributed by atoms with Gasteiger partial charge in [0.05, 0.1) is 11.6 Å². The van der Waals surface area contributed by atoms with Gasteiger partial charge in [-0.25, -0.2) is 0 Å². The van der Waals surface area contributed by atoms with Gasteiger partial charge >= 0.3 is 0 Å². The molecule has 3 rings (SSSR count). The van der Waals surface area contributed by atoms with Crippen molar-refractivity contribution < 1.29 is 9.59 Å². The molecule has 0 spiro atoms. The fraction of sp³-hybridized carbons (Fsp3) is 0.476. The zero-order valence-corrected chi connectivity index (χ0v) is 15.0. The molecule has 2 aromatic rings. The second-order valence-corrected chi connectivity index (χ2v) is 7.26. The highest BCUT2D eigenvalue weighted by molar-refractivity contribution is 5.87. The maximum Gasteiger partial charge on any atom is 0.223 e. The molecule has 4 nitrogen and oxygen atoms in total. The van der Waals surface area contributed by atoms with E-state index >= 15 is 0 Å². The predicted molar refractivity (Wildman–Crippen MR) is 99.0 cm³/mol. The zero-order chi connectivity index (χ0) is 17.8. The monoisotopic (exact) mass is 338 g/mol. The second kappa shape index (κ2) is 7.77. The van der Waals surface area contributed by atoms with Crippen molar-refractivity contribution >= 4 is 22.6 Å². The molecule has 0 unspecified atom stereocenters. The highest BCUT2D eigenvalue weighted by Crippen LogP contribution is 2.38. The standard InChI is InChI=1S/C21H26N2O2/c1-14(13-15(2)24)21(25)23-20(16-7-3-4-8-16)18-11-12-22-19-10-6-5-9-17(18)19/h5-6,9-12,14,16,20H,3-4,7-8,13H2,1-2H3,(H,23,25)/t14-,20+/m0/s1. The Hall–Kier alpha value is -2.23. The quantitative estimate of drug-likeness (QED) is 0.859. The van der Waals surface area contributed by atoms with Gasteiger partial charge in [0.15, 0.2) is 0 Å². The summed E-state index contributed by atoms with van der Waals surface area (Å²) in [5.74, 6) is 0.163. The third-order valence-corrected chi connectivity index (χ3v) is 5.23. The number of pyridine rings is 1. The van der Waals surface area contributed by atoms with E-state index < -0.39 is 0 Å². The summed E-state index contributed by atoms with van der Waals surface area (Å²) in [5.41, 5.74) is 2.09. The van der Waals surface area contributed by atoms with Crippen LogP contribution in [0.5, 0.6) is 0 Å². The molecule has 4 heteroatoms. The van der Waals surface area contributed by atoms with E-state index in [9.17, 15) is 9.59 Å². The number of amides is 1. The molecule has 0 aliphatic heterocycles. The van der Waals surface area contributed by atoms with Gasteiger partial charge < -0.3 is 10.1 Å². The maximum atomic E-state index is 12.7. The molecule has 1 heterocycles. The molecular weight excluding hydrogens is 312 g/mol. The Morgan fingerprint density at radius 3 is 2.64 bits per heavy atom. The van der Waals surface area contributed by atoms with Gasteiger partial charge in [-0.1, -0.05) is 38.0 Å². The van der Waals surface area contributed by atoms with E-state index in [1.54, 1.807) is 0 Å². The first-order chi connectivity index (χ1) is 12.1. The van der Waals surface area contributed by atoms with Gasteiger partial charge in [0.1, 0.15) is 5.78 Å². The molecule has 0 saturated heterocycles. The van der Waals surface area contributed by atoms with Crippen LogP contribution in [-0.2, 0) is 9.59 Å². The third kappa shape index (κ3) is 4.06. The second-order valence-electron chi connectivity index (χ2n) is 7.26. The summed E-state index contributed by atoms with van der Waals surface area (Å²) < 4.78 is 0. The largest absolute Gasteiger partial charge is 0.349 e. The highest BCUT2D eigenvalue weighted by Gasteiger charge is 2.30. The predicted octanol–water partition coefficient (Wildman–Crippen LogP) is 4.20. The minimum Gasteiger partial charge on any atom is -0.349 e. The molecule has 1 amide bonds. The van der Waals surface area contributed by atoms with E-state index in [-0.39, 0.29) is 23.7 Å². The molecule has 1 saturated carbocycles. The Kier molecular flexibility index (Phi) is 5.47. The van der Waals surface area contributed by atoms with Crippen LogP contribution in [0, 0.1) is 11.8 Å². The van der Waals surface area contributed by atoms with Crippen LogP contribution in [0.1, 0.15) is 57.6 Å². The molecule has 25 heavy (non-hydrogen) atoms. The summed E-state index contributed by atoms with van der Waals surface area (Å²) in [4.78, 5) is 28.5. The van der Waals surface area contributed by atoms with Crippen LogP contribution in [-0.4, -0.2) is 16.7 Å². The van der Waals surface area contributed by atoms with E-state index in [0.29, 0.717) is 12.3 Å². The normalized spacial score (nSPS) is 17.4. The summed E-state index contributed by atoms with van der Waals surface area (Å²) >= 11 is 0. The summed E-state index contributed by atoms with van der Waals surface area (Å²) in [6, 6.07) is 10.1. The summed E-state index contributed by atoms with van der Waals surface area (Å²) in [5, 5.41) is 4.35. The SMILES string of the molecule is CC(=O)C[C@H](C)C(=O)N[C@@H](c1ccnc2ccccc12)C1CCCC1. The summed E-state index contributed by atoms with van der Waals surface area (Å²) in [7, 11) is 0. The smallest absolute Gasteiger partial charge is 0.223 e. The maximum absolute atomic E-state index is 12.7. The fourth-order valence-corrected chi connectivity index (χ4v) is 3.95. The lowest BCUT2D eigenvalue weighted by Crippen LogP contribution is -2.36.